The molecule has 96 heavy (non-hydrogen) atoms. The van der Waals surface area contributed by atoms with E-state index in [1.54, 1.807) is 0 Å². The second kappa shape index (κ2) is 28.7. The minimum absolute atomic E-state index is 0.104. The minimum atomic E-state index is -0.104. The van der Waals surface area contributed by atoms with Gasteiger partial charge in [0.25, 0.3) is 0 Å². The fraction of sp³-hybridized carbons (Fsp3) is 0.100. The Kier molecular flexibility index (Phi) is 19.1. The van der Waals surface area contributed by atoms with E-state index in [0.29, 0.717) is 0 Å². The third-order valence-corrected chi connectivity index (χ3v) is 18.8. The SMILES string of the molecule is Cc1ccc(B(/C(=C\c2cccnc2-c2cc(-c3ncccc3/C=C(\B(c3ccc(C)cc3)c3ccc(C)cc3)c3ccc(C)cc3)cc(-c3ncccc3/C=C(\B(c3ccc(C)cc3)c3ccc(C)cc3)c3ccc(C)cc3)c2)c2ccc(C)cc2)c2ccc(C)cc2)cc1. The maximum absolute atomic E-state index is 5.44. The van der Waals surface area contributed by atoms with Crippen molar-refractivity contribution in [2.24, 2.45) is 0 Å². The molecule has 0 fully saturated rings. The molecule has 3 aromatic heterocycles. The van der Waals surface area contributed by atoms with E-state index in [2.05, 4.69) is 354 Å². The van der Waals surface area contributed by atoms with E-state index in [4.69, 9.17) is 15.0 Å². The molecule has 3 nitrogen and oxygen atoms in total. The molecule has 0 N–H and O–H groups in total. The fourth-order valence-corrected chi connectivity index (χ4v) is 13.3. The van der Waals surface area contributed by atoms with Crippen LogP contribution in [-0.4, -0.2) is 35.1 Å². The maximum atomic E-state index is 5.44. The average molecular weight is 1230 g/mol. The fourth-order valence-electron chi connectivity index (χ4n) is 13.3. The Bertz CT molecular complexity index is 4300. The van der Waals surface area contributed by atoms with Gasteiger partial charge >= 0.3 is 0 Å². The largest absolute Gasteiger partial charge is 0.256 e. The van der Waals surface area contributed by atoms with E-state index in [9.17, 15) is 0 Å². The van der Waals surface area contributed by atoms with E-state index in [-0.39, 0.29) is 20.1 Å². The summed E-state index contributed by atoms with van der Waals surface area (Å²) >= 11 is 0. The zero-order valence-electron chi connectivity index (χ0n) is 56.5. The molecule has 6 heteroatoms. The van der Waals surface area contributed by atoms with Crippen LogP contribution in [0.1, 0.15) is 83.5 Å². The summed E-state index contributed by atoms with van der Waals surface area (Å²) in [6.07, 6.45) is 13.0. The van der Waals surface area contributed by atoms with Crippen molar-refractivity contribution >= 4 is 87.6 Å². The number of aryl methyl sites for hydroxylation is 9. The first kappa shape index (κ1) is 63.8. The Morgan fingerprint density at radius 2 is 0.406 bits per heavy atom. The molecule has 0 atom stereocenters. The van der Waals surface area contributed by atoms with Crippen LogP contribution in [0.2, 0.25) is 0 Å². The van der Waals surface area contributed by atoms with Crippen LogP contribution in [0.25, 0.3) is 68.4 Å². The van der Waals surface area contributed by atoms with Crippen molar-refractivity contribution in [2.45, 2.75) is 62.3 Å². The van der Waals surface area contributed by atoms with Gasteiger partial charge in [-0.05, 0) is 115 Å². The third-order valence-electron chi connectivity index (χ3n) is 18.8. The number of hydrogen-bond acceptors (Lipinski definition) is 3. The van der Waals surface area contributed by atoms with Crippen LogP contribution in [0.3, 0.4) is 0 Å². The van der Waals surface area contributed by atoms with Gasteiger partial charge in [0, 0.05) is 52.0 Å². The number of nitrogens with zero attached hydrogens (tertiary/aromatic N) is 3. The van der Waals surface area contributed by atoms with Gasteiger partial charge in [-0.3, -0.25) is 15.0 Å². The van der Waals surface area contributed by atoms with Crippen molar-refractivity contribution in [1.82, 2.24) is 15.0 Å². The molecule has 462 valence electrons. The van der Waals surface area contributed by atoms with E-state index in [1.807, 2.05) is 18.6 Å². The Balaban J connectivity index is 1.08. The number of aromatic nitrogens is 3. The summed E-state index contributed by atoms with van der Waals surface area (Å²) in [5.41, 5.74) is 33.5. The van der Waals surface area contributed by atoms with Gasteiger partial charge in [-0.2, -0.15) is 0 Å². The highest BCUT2D eigenvalue weighted by atomic mass is 14.7. The third kappa shape index (κ3) is 14.6. The highest BCUT2D eigenvalue weighted by Gasteiger charge is 2.30. The number of benzene rings is 10. The van der Waals surface area contributed by atoms with E-state index in [1.165, 1.54) is 99.3 Å². The maximum Gasteiger partial charge on any atom is 0.241 e. The summed E-state index contributed by atoms with van der Waals surface area (Å²) in [6, 6.07) is 101. The first-order chi connectivity index (χ1) is 46.7. The molecule has 0 radical (unpaired) electrons. The predicted octanol–water partition coefficient (Wildman–Crippen LogP) is 17.8. The second-order valence-corrected chi connectivity index (χ2v) is 26.3. The molecule has 0 aliphatic heterocycles. The number of hydrogen-bond donors (Lipinski definition) is 0. The lowest BCUT2D eigenvalue weighted by atomic mass is 9.35. The summed E-state index contributed by atoms with van der Waals surface area (Å²) in [5, 5.41) is 0. The summed E-state index contributed by atoms with van der Waals surface area (Å²) in [7, 11) is 0. The van der Waals surface area contributed by atoms with Crippen LogP contribution in [0.5, 0.6) is 0 Å². The van der Waals surface area contributed by atoms with Crippen LogP contribution >= 0.6 is 0 Å². The molecule has 3 heterocycles. The molecule has 0 spiro atoms. The average Bonchev–Trinajstić information content (AvgIpc) is 0.861. The van der Waals surface area contributed by atoms with Gasteiger partial charge in [0.15, 0.2) is 0 Å². The lowest BCUT2D eigenvalue weighted by molar-refractivity contribution is 1.28. The van der Waals surface area contributed by atoms with Gasteiger partial charge in [0.2, 0.25) is 20.1 Å². The highest BCUT2D eigenvalue weighted by molar-refractivity contribution is 7.01. The standard InChI is InChI=1S/C90H78B3N3/c1-61-16-34-70(35-17-61)85(91(79-40-22-64(4)23-41-79)80-42-24-65(5)25-43-80)58-73-13-10-52-94-88(73)76-55-77(89-74(14-11-53-95-89)59-86(71-36-18-62(2)19-37-71)92(81-44-26-66(6)27-45-81)82-46-28-67(7)29-47-82)57-78(56-76)90-75(15-12-54-96-90)60-87(72-38-20-63(3)21-39-72)93(83-48-30-68(8)31-49-83)84-50-32-69(9)33-51-84/h10-60H,1-9H3/b85-58-,86-59-,87-60-. The Morgan fingerprint density at radius 1 is 0.229 bits per heavy atom. The quantitative estimate of drug-likeness (QED) is 0.0804. The summed E-state index contributed by atoms with van der Waals surface area (Å²) in [4.78, 5) is 16.3. The lowest BCUT2D eigenvalue weighted by Gasteiger charge is -2.22. The van der Waals surface area contributed by atoms with Gasteiger partial charge in [0.1, 0.15) is 0 Å². The molecule has 0 aliphatic carbocycles. The Labute approximate surface area is 570 Å². The molecule has 0 unspecified atom stereocenters. The smallest absolute Gasteiger partial charge is 0.241 e. The zero-order valence-corrected chi connectivity index (χ0v) is 56.5. The predicted molar refractivity (Wildman–Crippen MR) is 415 cm³/mol. The monoisotopic (exact) mass is 1230 g/mol. The number of rotatable bonds is 18. The van der Waals surface area contributed by atoms with E-state index >= 15 is 0 Å². The first-order valence-corrected chi connectivity index (χ1v) is 33.5. The molecule has 0 saturated heterocycles. The van der Waals surface area contributed by atoms with Gasteiger partial charge in [0.05, 0.1) is 17.1 Å². The molecular formula is C90H78B3N3. The van der Waals surface area contributed by atoms with Crippen LogP contribution in [-0.2, 0) is 0 Å². The lowest BCUT2D eigenvalue weighted by Crippen LogP contribution is -2.43. The van der Waals surface area contributed by atoms with E-state index < -0.39 is 0 Å². The van der Waals surface area contributed by atoms with Crippen molar-refractivity contribution in [1.29, 1.82) is 0 Å². The molecule has 0 bridgehead atoms. The van der Waals surface area contributed by atoms with Gasteiger partial charge in [-0.1, -0.05) is 354 Å². The van der Waals surface area contributed by atoms with E-state index in [0.717, 1.165) is 67.2 Å². The molecule has 0 aliphatic rings. The molecule has 13 aromatic rings. The van der Waals surface area contributed by atoms with Crippen LogP contribution in [0.4, 0.5) is 0 Å². The van der Waals surface area contributed by atoms with Crippen molar-refractivity contribution in [2.75, 3.05) is 0 Å². The first-order valence-electron chi connectivity index (χ1n) is 33.5. The zero-order chi connectivity index (χ0) is 66.2. The van der Waals surface area contributed by atoms with Gasteiger partial charge in [-0.25, -0.2) is 0 Å². The summed E-state index contributed by atoms with van der Waals surface area (Å²) in [6.45, 7) is 19.1. The Morgan fingerprint density at radius 3 is 0.594 bits per heavy atom. The minimum Gasteiger partial charge on any atom is -0.256 e. The molecule has 13 rings (SSSR count). The summed E-state index contributed by atoms with van der Waals surface area (Å²) < 4.78 is 0. The summed E-state index contributed by atoms with van der Waals surface area (Å²) in [5.74, 6) is 0. The topological polar surface area (TPSA) is 38.7 Å². The van der Waals surface area contributed by atoms with Gasteiger partial charge < -0.3 is 0 Å². The van der Waals surface area contributed by atoms with Crippen LogP contribution in [0.15, 0.2) is 292 Å². The molecular weight excluding hydrogens is 1160 g/mol. The van der Waals surface area contributed by atoms with Gasteiger partial charge in [-0.15, -0.1) is 0 Å². The normalized spacial score (nSPS) is 11.8. The van der Waals surface area contributed by atoms with Crippen molar-refractivity contribution < 1.29 is 0 Å². The second-order valence-electron chi connectivity index (χ2n) is 26.3. The van der Waals surface area contributed by atoms with Crippen molar-refractivity contribution in [3.63, 3.8) is 0 Å². The molecule has 10 aromatic carbocycles. The van der Waals surface area contributed by atoms with Crippen molar-refractivity contribution in [3.05, 3.63) is 375 Å². The molecule has 0 amide bonds. The Hall–Kier alpha value is -10.9. The number of pyridine rings is 3. The van der Waals surface area contributed by atoms with Crippen LogP contribution in [0, 0.1) is 62.3 Å². The molecule has 0 saturated carbocycles. The van der Waals surface area contributed by atoms with Crippen molar-refractivity contribution in [3.8, 4) is 33.8 Å². The van der Waals surface area contributed by atoms with Crippen LogP contribution < -0.4 is 32.8 Å². The highest BCUT2D eigenvalue weighted by Crippen LogP contribution is 2.38.